The van der Waals surface area contributed by atoms with Crippen LogP contribution in [-0.2, 0) is 9.53 Å². The maximum atomic E-state index is 11.7. The third kappa shape index (κ3) is 4.33. The van der Waals surface area contributed by atoms with Gasteiger partial charge in [0.15, 0.2) is 0 Å². The molecule has 2 nitrogen and oxygen atoms in total. The highest BCUT2D eigenvalue weighted by Crippen LogP contribution is 2.26. The first-order valence-electron chi connectivity index (χ1n) is 6.24. The van der Waals surface area contributed by atoms with Gasteiger partial charge in [-0.15, -0.1) is 0 Å². The smallest absolute Gasteiger partial charge is 0.135 e. The first-order valence-corrected chi connectivity index (χ1v) is 6.24. The molecule has 0 aromatic carbocycles. The van der Waals surface area contributed by atoms with Crippen LogP contribution in [0.4, 0.5) is 0 Å². The van der Waals surface area contributed by atoms with Crippen LogP contribution >= 0.6 is 0 Å². The zero-order valence-electron chi connectivity index (χ0n) is 10.3. The summed E-state index contributed by atoms with van der Waals surface area (Å²) in [5, 5.41) is 0. The van der Waals surface area contributed by atoms with Crippen molar-refractivity contribution in [1.82, 2.24) is 0 Å². The van der Waals surface area contributed by atoms with Crippen LogP contribution in [0.3, 0.4) is 0 Å². The molecule has 0 spiro atoms. The van der Waals surface area contributed by atoms with Crippen LogP contribution in [0.25, 0.3) is 0 Å². The summed E-state index contributed by atoms with van der Waals surface area (Å²) in [5.41, 5.74) is 0. The molecule has 1 heterocycles. The second-order valence-electron chi connectivity index (χ2n) is 5.06. The van der Waals surface area contributed by atoms with Gasteiger partial charge in [0, 0.05) is 25.6 Å². The third-order valence-corrected chi connectivity index (χ3v) is 3.40. The van der Waals surface area contributed by atoms with Gasteiger partial charge < -0.3 is 4.74 Å². The molecule has 0 saturated carbocycles. The van der Waals surface area contributed by atoms with Crippen molar-refractivity contribution in [2.45, 2.75) is 46.5 Å². The number of carbonyl (C=O) groups is 1. The van der Waals surface area contributed by atoms with Gasteiger partial charge in [0.05, 0.1) is 0 Å². The molecule has 2 atom stereocenters. The quantitative estimate of drug-likeness (QED) is 0.676. The summed E-state index contributed by atoms with van der Waals surface area (Å²) >= 11 is 0. The summed E-state index contributed by atoms with van der Waals surface area (Å²) in [7, 11) is 0. The summed E-state index contributed by atoms with van der Waals surface area (Å²) in [4.78, 5) is 11.7. The van der Waals surface area contributed by atoms with E-state index in [1.807, 2.05) is 13.8 Å². The average molecular weight is 212 g/mol. The molecule has 1 aliphatic rings. The Morgan fingerprint density at radius 2 is 2.20 bits per heavy atom. The molecular weight excluding hydrogens is 188 g/mol. The van der Waals surface area contributed by atoms with E-state index >= 15 is 0 Å². The molecule has 0 aromatic heterocycles. The topological polar surface area (TPSA) is 26.3 Å². The van der Waals surface area contributed by atoms with E-state index in [9.17, 15) is 4.79 Å². The van der Waals surface area contributed by atoms with Crippen molar-refractivity contribution in [1.29, 1.82) is 0 Å². The van der Waals surface area contributed by atoms with E-state index in [-0.39, 0.29) is 5.92 Å². The fourth-order valence-corrected chi connectivity index (χ4v) is 2.16. The number of ether oxygens (including phenoxy) is 1. The number of Topliss-reactive ketones (excluding diaryl/α,β-unsaturated/α-hetero) is 1. The maximum absolute atomic E-state index is 11.7. The van der Waals surface area contributed by atoms with Crippen molar-refractivity contribution >= 4 is 5.78 Å². The summed E-state index contributed by atoms with van der Waals surface area (Å²) < 4.78 is 5.37. The molecular formula is C13H24O2. The average Bonchev–Trinajstić information content (AvgIpc) is 2.69. The maximum Gasteiger partial charge on any atom is 0.135 e. The number of hydrogen-bond acceptors (Lipinski definition) is 2. The molecule has 1 rings (SSSR count). The number of carbonyl (C=O) groups excluding carboxylic acids is 1. The Morgan fingerprint density at radius 3 is 2.67 bits per heavy atom. The van der Waals surface area contributed by atoms with Crippen molar-refractivity contribution in [3.05, 3.63) is 0 Å². The fraction of sp³-hybridized carbons (Fsp3) is 0.923. The summed E-state index contributed by atoms with van der Waals surface area (Å²) in [6.45, 7) is 8.00. The van der Waals surface area contributed by atoms with Crippen LogP contribution < -0.4 is 0 Å². The van der Waals surface area contributed by atoms with Gasteiger partial charge in [-0.2, -0.15) is 0 Å². The van der Waals surface area contributed by atoms with Crippen LogP contribution in [-0.4, -0.2) is 19.0 Å². The molecule has 15 heavy (non-hydrogen) atoms. The molecule has 1 fully saturated rings. The lowest BCUT2D eigenvalue weighted by Gasteiger charge is -2.18. The van der Waals surface area contributed by atoms with E-state index in [1.54, 1.807) is 0 Å². The zero-order valence-corrected chi connectivity index (χ0v) is 10.3. The summed E-state index contributed by atoms with van der Waals surface area (Å²) in [6, 6.07) is 0. The summed E-state index contributed by atoms with van der Waals surface area (Å²) in [6.07, 6.45) is 4.25. The van der Waals surface area contributed by atoms with E-state index in [4.69, 9.17) is 4.74 Å². The number of hydrogen-bond donors (Lipinski definition) is 0. The van der Waals surface area contributed by atoms with Crippen molar-refractivity contribution in [3.63, 3.8) is 0 Å². The van der Waals surface area contributed by atoms with Gasteiger partial charge in [-0.3, -0.25) is 4.79 Å². The Balaban J connectivity index is 2.31. The number of ketones is 1. The lowest BCUT2D eigenvalue weighted by Crippen LogP contribution is -2.16. The Labute approximate surface area is 93.4 Å². The van der Waals surface area contributed by atoms with Gasteiger partial charge in [0.2, 0.25) is 0 Å². The van der Waals surface area contributed by atoms with Gasteiger partial charge in [-0.1, -0.05) is 27.2 Å². The molecule has 88 valence electrons. The second kappa shape index (κ2) is 6.26. The van der Waals surface area contributed by atoms with E-state index in [0.717, 1.165) is 26.1 Å². The molecule has 0 aromatic rings. The van der Waals surface area contributed by atoms with E-state index in [0.29, 0.717) is 17.6 Å². The number of rotatable bonds is 6. The fourth-order valence-electron chi connectivity index (χ4n) is 2.16. The van der Waals surface area contributed by atoms with E-state index in [2.05, 4.69) is 6.92 Å². The molecule has 2 unspecified atom stereocenters. The van der Waals surface area contributed by atoms with E-state index in [1.165, 1.54) is 12.8 Å². The highest BCUT2D eigenvalue weighted by Gasteiger charge is 2.22. The van der Waals surface area contributed by atoms with Crippen molar-refractivity contribution in [2.24, 2.45) is 17.8 Å². The minimum Gasteiger partial charge on any atom is -0.381 e. The van der Waals surface area contributed by atoms with Crippen LogP contribution in [0.1, 0.15) is 46.5 Å². The van der Waals surface area contributed by atoms with Crippen molar-refractivity contribution in [3.8, 4) is 0 Å². The first-order chi connectivity index (χ1) is 7.13. The second-order valence-corrected chi connectivity index (χ2v) is 5.06. The lowest BCUT2D eigenvalue weighted by molar-refractivity contribution is -0.123. The van der Waals surface area contributed by atoms with Crippen LogP contribution in [0.15, 0.2) is 0 Å². The predicted molar refractivity (Wildman–Crippen MR) is 61.8 cm³/mol. The molecule has 0 N–H and O–H groups in total. The van der Waals surface area contributed by atoms with Gasteiger partial charge in [-0.05, 0) is 24.7 Å². The minimum atomic E-state index is 0.193. The third-order valence-electron chi connectivity index (χ3n) is 3.40. The van der Waals surface area contributed by atoms with Gasteiger partial charge in [-0.25, -0.2) is 0 Å². The molecule has 1 saturated heterocycles. The largest absolute Gasteiger partial charge is 0.381 e. The van der Waals surface area contributed by atoms with Gasteiger partial charge in [0.1, 0.15) is 5.78 Å². The van der Waals surface area contributed by atoms with Crippen LogP contribution in [0.5, 0.6) is 0 Å². The van der Waals surface area contributed by atoms with E-state index < -0.39 is 0 Å². The monoisotopic (exact) mass is 212 g/mol. The Hall–Kier alpha value is -0.370. The predicted octanol–water partition coefficient (Wildman–Crippen LogP) is 3.05. The Bertz CT molecular complexity index is 193. The Morgan fingerprint density at radius 1 is 1.47 bits per heavy atom. The highest BCUT2D eigenvalue weighted by atomic mass is 16.5. The van der Waals surface area contributed by atoms with Crippen molar-refractivity contribution in [2.75, 3.05) is 13.2 Å². The minimum absolute atomic E-state index is 0.193. The van der Waals surface area contributed by atoms with Gasteiger partial charge >= 0.3 is 0 Å². The first kappa shape index (κ1) is 12.7. The summed E-state index contributed by atoms with van der Waals surface area (Å²) in [5.74, 6) is 1.89. The molecule has 2 heteroatoms. The molecule has 1 aliphatic heterocycles. The van der Waals surface area contributed by atoms with Gasteiger partial charge in [0.25, 0.3) is 0 Å². The van der Waals surface area contributed by atoms with Crippen LogP contribution in [0, 0.1) is 17.8 Å². The van der Waals surface area contributed by atoms with Crippen LogP contribution in [0.2, 0.25) is 0 Å². The SMILES string of the molecule is CCC(CC(=O)C(C)C)CC1CCOC1. The normalized spacial score (nSPS) is 23.3. The Kier molecular flexibility index (Phi) is 5.30. The molecule has 0 amide bonds. The standard InChI is InChI=1S/C13H24O2/c1-4-11(8-13(14)10(2)3)7-12-5-6-15-9-12/h10-12H,4-9H2,1-3H3. The molecule has 0 radical (unpaired) electrons. The molecule has 0 aliphatic carbocycles. The van der Waals surface area contributed by atoms with Crippen molar-refractivity contribution < 1.29 is 9.53 Å². The zero-order chi connectivity index (χ0) is 11.3. The molecule has 0 bridgehead atoms. The highest BCUT2D eigenvalue weighted by molar-refractivity contribution is 5.80. The lowest BCUT2D eigenvalue weighted by atomic mass is 9.86.